The summed E-state index contributed by atoms with van der Waals surface area (Å²) in [7, 11) is 0. The quantitative estimate of drug-likeness (QED) is 0.782. The smallest absolute Gasteiger partial charge is 0.324 e. The van der Waals surface area contributed by atoms with E-state index in [1.165, 1.54) is 18.2 Å². The van der Waals surface area contributed by atoms with E-state index in [-0.39, 0.29) is 13.0 Å². The van der Waals surface area contributed by atoms with E-state index in [9.17, 15) is 18.0 Å². The monoisotopic (exact) mass is 340 g/mol. The number of urea groups is 1. The third kappa shape index (κ3) is 4.41. The maximum Gasteiger partial charge on any atom is 0.393 e. The number of piperidine rings is 1. The molecule has 1 fully saturated rings. The van der Waals surface area contributed by atoms with Crippen LogP contribution < -0.4 is 5.32 Å². The van der Waals surface area contributed by atoms with Crippen molar-refractivity contribution in [1.82, 2.24) is 4.90 Å². The van der Waals surface area contributed by atoms with Crippen molar-refractivity contribution in [2.75, 3.05) is 18.4 Å². The van der Waals surface area contributed by atoms with Crippen molar-refractivity contribution in [3.8, 4) is 0 Å². The van der Waals surface area contributed by atoms with Crippen LogP contribution in [-0.4, -0.2) is 30.2 Å². The zero-order chi connectivity index (χ0) is 15.6. The predicted octanol–water partition coefficient (Wildman–Crippen LogP) is 4.80. The molecule has 1 aromatic rings. The van der Waals surface area contributed by atoms with Gasteiger partial charge in [-0.15, -0.1) is 0 Å². The molecular weight excluding hydrogens is 328 g/mol. The average molecular weight is 341 g/mol. The van der Waals surface area contributed by atoms with E-state index in [0.717, 1.165) is 4.90 Å². The first kappa shape index (κ1) is 16.2. The lowest BCUT2D eigenvalue weighted by Crippen LogP contribution is -2.46. The fourth-order valence-electron chi connectivity index (χ4n) is 2.26. The number of hydrogen-bond donors (Lipinski definition) is 1. The fraction of sp³-hybridized carbons (Fsp3) is 0.462. The maximum atomic E-state index is 12.7. The Morgan fingerprint density at radius 2 is 1.86 bits per heavy atom. The van der Waals surface area contributed by atoms with Gasteiger partial charge in [0, 0.05) is 28.8 Å². The Morgan fingerprint density at radius 1 is 1.24 bits per heavy atom. The van der Waals surface area contributed by atoms with Crippen LogP contribution in [0.1, 0.15) is 12.8 Å². The molecule has 0 aromatic heterocycles. The molecule has 2 rings (SSSR count). The number of nitrogens with one attached hydrogen (secondary N) is 1. The van der Waals surface area contributed by atoms with Crippen LogP contribution in [0.2, 0.25) is 10.0 Å². The van der Waals surface area contributed by atoms with Crippen LogP contribution in [0, 0.1) is 5.92 Å². The first-order valence-corrected chi connectivity index (χ1v) is 7.10. The molecule has 3 nitrogen and oxygen atoms in total. The van der Waals surface area contributed by atoms with Crippen LogP contribution >= 0.6 is 23.2 Å². The molecular formula is C13H13Cl2F3N2O. The van der Waals surface area contributed by atoms with Crippen LogP contribution in [0.25, 0.3) is 0 Å². The topological polar surface area (TPSA) is 32.3 Å². The maximum absolute atomic E-state index is 12.7. The highest BCUT2D eigenvalue weighted by Crippen LogP contribution is 2.33. The van der Waals surface area contributed by atoms with Gasteiger partial charge in [0.1, 0.15) is 0 Å². The van der Waals surface area contributed by atoms with Gasteiger partial charge in [-0.2, -0.15) is 13.2 Å². The van der Waals surface area contributed by atoms with Crippen molar-refractivity contribution >= 4 is 34.9 Å². The Bertz CT molecular complexity index is 516. The van der Waals surface area contributed by atoms with Crippen LogP contribution in [-0.2, 0) is 0 Å². The Balaban J connectivity index is 2.03. The van der Waals surface area contributed by atoms with Gasteiger partial charge in [-0.05, 0) is 31.0 Å². The number of carbonyl (C=O) groups is 1. The standard InChI is InChI=1S/C13H13Cl2F3N2O/c14-9-4-10(15)6-11(5-9)19-12(21)20-3-1-2-8(7-20)13(16,17)18/h4-6,8H,1-3,7H2,(H,19,21)/t8-/m1/s1. The van der Waals surface area contributed by atoms with E-state index in [1.54, 1.807) is 0 Å². The molecule has 21 heavy (non-hydrogen) atoms. The Kier molecular flexibility index (Phi) is 4.88. The number of anilines is 1. The van der Waals surface area contributed by atoms with Crippen LogP contribution in [0.4, 0.5) is 23.7 Å². The number of benzene rings is 1. The molecule has 116 valence electrons. The van der Waals surface area contributed by atoms with E-state index in [0.29, 0.717) is 28.7 Å². The third-order valence-corrected chi connectivity index (χ3v) is 3.72. The number of alkyl halides is 3. The molecule has 0 bridgehead atoms. The summed E-state index contributed by atoms with van der Waals surface area (Å²) in [5.41, 5.74) is 0.353. The normalized spacial score (nSPS) is 19.5. The lowest BCUT2D eigenvalue weighted by atomic mass is 9.98. The Hall–Kier alpha value is -1.14. The lowest BCUT2D eigenvalue weighted by Gasteiger charge is -2.33. The molecule has 0 radical (unpaired) electrons. The van der Waals surface area contributed by atoms with Gasteiger partial charge in [-0.3, -0.25) is 0 Å². The lowest BCUT2D eigenvalue weighted by molar-refractivity contribution is -0.183. The van der Waals surface area contributed by atoms with Gasteiger partial charge in [-0.25, -0.2) is 4.79 Å². The molecule has 0 unspecified atom stereocenters. The summed E-state index contributed by atoms with van der Waals surface area (Å²) in [6.07, 6.45) is -3.90. The van der Waals surface area contributed by atoms with Gasteiger partial charge in [-0.1, -0.05) is 23.2 Å². The zero-order valence-electron chi connectivity index (χ0n) is 10.9. The molecule has 1 saturated heterocycles. The molecule has 1 atom stereocenters. The van der Waals surface area contributed by atoms with Crippen LogP contribution in [0.5, 0.6) is 0 Å². The molecule has 1 N–H and O–H groups in total. The van der Waals surface area contributed by atoms with Crippen LogP contribution in [0.3, 0.4) is 0 Å². The predicted molar refractivity (Wildman–Crippen MR) is 75.8 cm³/mol. The number of nitrogens with zero attached hydrogens (tertiary/aromatic N) is 1. The van der Waals surface area contributed by atoms with Crippen molar-refractivity contribution in [2.45, 2.75) is 19.0 Å². The molecule has 1 heterocycles. The van der Waals surface area contributed by atoms with Gasteiger partial charge in [0.25, 0.3) is 0 Å². The number of rotatable bonds is 1. The number of likely N-dealkylation sites (tertiary alicyclic amines) is 1. The van der Waals surface area contributed by atoms with E-state index in [2.05, 4.69) is 5.32 Å². The van der Waals surface area contributed by atoms with Gasteiger partial charge in [0.15, 0.2) is 0 Å². The minimum absolute atomic E-state index is 0.0519. The highest BCUT2D eigenvalue weighted by atomic mass is 35.5. The van der Waals surface area contributed by atoms with Crippen LogP contribution in [0.15, 0.2) is 18.2 Å². The summed E-state index contributed by atoms with van der Waals surface area (Å²) >= 11 is 11.6. The van der Waals surface area contributed by atoms with Crippen molar-refractivity contribution in [3.63, 3.8) is 0 Å². The fourth-order valence-corrected chi connectivity index (χ4v) is 2.78. The van der Waals surface area contributed by atoms with Gasteiger partial charge in [0.05, 0.1) is 5.92 Å². The number of amides is 2. The van der Waals surface area contributed by atoms with E-state index < -0.39 is 18.1 Å². The highest BCUT2D eigenvalue weighted by molar-refractivity contribution is 6.35. The number of carbonyl (C=O) groups excluding carboxylic acids is 1. The average Bonchev–Trinajstić information content (AvgIpc) is 2.36. The first-order valence-electron chi connectivity index (χ1n) is 6.34. The zero-order valence-corrected chi connectivity index (χ0v) is 12.4. The molecule has 8 heteroatoms. The van der Waals surface area contributed by atoms with Gasteiger partial charge < -0.3 is 10.2 Å². The summed E-state index contributed by atoms with van der Waals surface area (Å²) in [5.74, 6) is -1.47. The summed E-state index contributed by atoms with van der Waals surface area (Å²) < 4.78 is 38.2. The van der Waals surface area contributed by atoms with Gasteiger partial charge >= 0.3 is 12.2 Å². The molecule has 1 aromatic carbocycles. The highest BCUT2D eigenvalue weighted by Gasteiger charge is 2.42. The Labute approximate surface area is 130 Å². The molecule has 1 aliphatic heterocycles. The van der Waals surface area contributed by atoms with E-state index in [4.69, 9.17) is 23.2 Å². The molecule has 0 aliphatic carbocycles. The molecule has 0 saturated carbocycles. The Morgan fingerprint density at radius 3 is 2.43 bits per heavy atom. The third-order valence-electron chi connectivity index (χ3n) is 3.29. The van der Waals surface area contributed by atoms with Crippen molar-refractivity contribution in [2.24, 2.45) is 5.92 Å². The molecule has 1 aliphatic rings. The summed E-state index contributed by atoms with van der Waals surface area (Å²) in [4.78, 5) is 13.2. The van der Waals surface area contributed by atoms with Crippen molar-refractivity contribution < 1.29 is 18.0 Å². The van der Waals surface area contributed by atoms with Crippen molar-refractivity contribution in [3.05, 3.63) is 28.2 Å². The summed E-state index contributed by atoms with van der Waals surface area (Å²) in [6, 6.07) is 3.88. The molecule has 2 amide bonds. The SMILES string of the molecule is O=C(Nc1cc(Cl)cc(Cl)c1)N1CCC[C@@H](C(F)(F)F)C1. The minimum atomic E-state index is -4.28. The van der Waals surface area contributed by atoms with Gasteiger partial charge in [0.2, 0.25) is 0 Å². The largest absolute Gasteiger partial charge is 0.393 e. The summed E-state index contributed by atoms with van der Waals surface area (Å²) in [6.45, 7) is -0.0314. The van der Waals surface area contributed by atoms with Crippen molar-refractivity contribution in [1.29, 1.82) is 0 Å². The second-order valence-electron chi connectivity index (χ2n) is 4.92. The molecule has 0 spiro atoms. The second kappa shape index (κ2) is 6.32. The number of halogens is 5. The first-order chi connectivity index (χ1) is 9.75. The number of hydrogen-bond acceptors (Lipinski definition) is 1. The summed E-state index contributed by atoms with van der Waals surface area (Å²) in [5, 5.41) is 3.19. The van der Waals surface area contributed by atoms with E-state index >= 15 is 0 Å². The van der Waals surface area contributed by atoms with E-state index in [1.807, 2.05) is 0 Å². The minimum Gasteiger partial charge on any atom is -0.324 e. The second-order valence-corrected chi connectivity index (χ2v) is 5.79.